The minimum absolute atomic E-state index is 0.482. The molecule has 1 aromatic carbocycles. The lowest BCUT2D eigenvalue weighted by molar-refractivity contribution is 0.186. The van der Waals surface area contributed by atoms with E-state index in [1.54, 1.807) is 0 Å². The average molecular weight is 309 g/mol. The van der Waals surface area contributed by atoms with Crippen LogP contribution in [0.4, 0.5) is 0 Å². The molecule has 1 unspecified atom stereocenters. The molecule has 0 spiro atoms. The lowest BCUT2D eigenvalue weighted by atomic mass is 10.1. The summed E-state index contributed by atoms with van der Waals surface area (Å²) in [4.78, 5) is 0. The molecule has 0 aliphatic carbocycles. The van der Waals surface area contributed by atoms with E-state index in [0.29, 0.717) is 5.54 Å². The van der Waals surface area contributed by atoms with Crippen LogP contribution in [-0.2, 0) is 8.85 Å². The Balaban J connectivity index is 2.77. The Bertz CT molecular complexity index is 334. The zero-order chi connectivity index (χ0) is 15.3. The second-order valence-electron chi connectivity index (χ2n) is 5.62. The van der Waals surface area contributed by atoms with Crippen LogP contribution in [0.2, 0.25) is 0 Å². The highest BCUT2D eigenvalue weighted by Gasteiger charge is 2.27. The summed E-state index contributed by atoms with van der Waals surface area (Å²) in [6, 6.07) is 10.8. The second kappa shape index (κ2) is 12.0. The van der Waals surface area contributed by atoms with Gasteiger partial charge in [0.15, 0.2) is 0 Å². The normalized spacial score (nSPS) is 12.8. The summed E-state index contributed by atoms with van der Waals surface area (Å²) in [5.74, 6) is 0. The number of benzene rings is 1. The van der Waals surface area contributed by atoms with Gasteiger partial charge in [-0.2, -0.15) is 0 Å². The molecule has 0 N–H and O–H groups in total. The molecule has 1 atom stereocenters. The summed E-state index contributed by atoms with van der Waals surface area (Å²) in [5.41, 5.74) is 1.88. The quantitative estimate of drug-likeness (QED) is 0.401. The first-order valence-electron chi connectivity index (χ1n) is 8.61. The van der Waals surface area contributed by atoms with E-state index < -0.39 is 9.28 Å². The van der Waals surface area contributed by atoms with Gasteiger partial charge in [0, 0.05) is 18.8 Å². The van der Waals surface area contributed by atoms with Crippen molar-refractivity contribution in [2.75, 3.05) is 13.2 Å². The van der Waals surface area contributed by atoms with Gasteiger partial charge in [0.2, 0.25) is 0 Å². The Morgan fingerprint density at radius 3 is 2.00 bits per heavy atom. The first-order valence-corrected chi connectivity index (χ1v) is 10.2. The van der Waals surface area contributed by atoms with Crippen LogP contribution in [0.3, 0.4) is 0 Å². The van der Waals surface area contributed by atoms with Crippen LogP contribution in [0.5, 0.6) is 0 Å². The molecule has 0 bridgehead atoms. The van der Waals surface area contributed by atoms with Gasteiger partial charge in [0.1, 0.15) is 0 Å². The van der Waals surface area contributed by atoms with E-state index in [1.165, 1.54) is 31.2 Å². The topological polar surface area (TPSA) is 18.5 Å². The van der Waals surface area contributed by atoms with Crippen LogP contribution in [0.1, 0.15) is 70.4 Å². The molecule has 0 aromatic heterocycles. The summed E-state index contributed by atoms with van der Waals surface area (Å²) in [5, 5.41) is 0. The van der Waals surface area contributed by atoms with Crippen LogP contribution in [0.25, 0.3) is 0 Å². The Morgan fingerprint density at radius 1 is 0.857 bits per heavy atom. The molecular weight excluding hydrogens is 276 g/mol. The predicted molar refractivity (Wildman–Crippen MR) is 93.0 cm³/mol. The Morgan fingerprint density at radius 2 is 1.48 bits per heavy atom. The minimum atomic E-state index is -1.65. The van der Waals surface area contributed by atoms with Gasteiger partial charge in [-0.05, 0) is 24.8 Å². The molecule has 0 saturated carbocycles. The van der Waals surface area contributed by atoms with Gasteiger partial charge in [0.25, 0.3) is 0 Å². The van der Waals surface area contributed by atoms with Crippen LogP contribution in [-0.4, -0.2) is 22.5 Å². The maximum absolute atomic E-state index is 6.16. The SMILES string of the molecule is CCCCCC(c1ccccc1)[SiH](OCCC)OCCC. The summed E-state index contributed by atoms with van der Waals surface area (Å²) < 4.78 is 12.3. The number of hydrogen-bond acceptors (Lipinski definition) is 2. The third-order valence-corrected chi connectivity index (χ3v) is 6.15. The van der Waals surface area contributed by atoms with Gasteiger partial charge in [0.05, 0.1) is 0 Å². The summed E-state index contributed by atoms with van der Waals surface area (Å²) in [7, 11) is -1.65. The van der Waals surface area contributed by atoms with Crippen molar-refractivity contribution in [1.29, 1.82) is 0 Å². The predicted octanol–water partition coefficient (Wildman–Crippen LogP) is 4.96. The molecule has 1 aromatic rings. The van der Waals surface area contributed by atoms with E-state index in [-0.39, 0.29) is 0 Å². The van der Waals surface area contributed by atoms with Gasteiger partial charge in [-0.1, -0.05) is 70.4 Å². The average Bonchev–Trinajstić information content (AvgIpc) is 2.53. The zero-order valence-corrected chi connectivity index (χ0v) is 15.2. The molecule has 0 aliphatic heterocycles. The van der Waals surface area contributed by atoms with Gasteiger partial charge < -0.3 is 8.85 Å². The molecule has 120 valence electrons. The van der Waals surface area contributed by atoms with Crippen LogP contribution in [0.15, 0.2) is 30.3 Å². The highest BCUT2D eigenvalue weighted by molar-refractivity contribution is 6.46. The van der Waals surface area contributed by atoms with Crippen molar-refractivity contribution in [3.8, 4) is 0 Å². The number of unbranched alkanes of at least 4 members (excludes halogenated alkanes) is 2. The van der Waals surface area contributed by atoms with E-state index in [9.17, 15) is 0 Å². The molecule has 2 nitrogen and oxygen atoms in total. The highest BCUT2D eigenvalue weighted by atomic mass is 28.3. The van der Waals surface area contributed by atoms with Crippen molar-refractivity contribution in [2.45, 2.75) is 64.8 Å². The molecule has 0 amide bonds. The molecule has 1 rings (SSSR count). The first-order chi connectivity index (χ1) is 10.3. The minimum Gasteiger partial charge on any atom is -0.396 e. The fourth-order valence-electron chi connectivity index (χ4n) is 2.52. The maximum atomic E-state index is 6.16. The van der Waals surface area contributed by atoms with Crippen LogP contribution >= 0.6 is 0 Å². The Labute approximate surface area is 132 Å². The Hall–Kier alpha value is -0.643. The molecule has 3 heteroatoms. The Kier molecular flexibility index (Phi) is 10.5. The van der Waals surface area contributed by atoms with Gasteiger partial charge in [-0.15, -0.1) is 0 Å². The molecule has 0 heterocycles. The van der Waals surface area contributed by atoms with Crippen molar-refractivity contribution >= 4 is 9.28 Å². The number of rotatable bonds is 12. The summed E-state index contributed by atoms with van der Waals surface area (Å²) in [6.07, 6.45) is 7.16. The maximum Gasteiger partial charge on any atom is 0.329 e. The largest absolute Gasteiger partial charge is 0.396 e. The molecular formula is C18H32O2Si. The van der Waals surface area contributed by atoms with E-state index in [0.717, 1.165) is 26.1 Å². The molecule has 0 aliphatic rings. The van der Waals surface area contributed by atoms with E-state index >= 15 is 0 Å². The standard InChI is InChI=1S/C18H32O2Si/c1-4-7-9-14-18(17-12-10-8-11-13-17)21(19-15-5-2)20-16-6-3/h8,10-13,18,21H,4-7,9,14-16H2,1-3H3. The van der Waals surface area contributed by atoms with Gasteiger partial charge >= 0.3 is 9.28 Å². The highest BCUT2D eigenvalue weighted by Crippen LogP contribution is 2.26. The van der Waals surface area contributed by atoms with Crippen molar-refractivity contribution < 1.29 is 8.85 Å². The van der Waals surface area contributed by atoms with Crippen LogP contribution in [0, 0.1) is 0 Å². The lowest BCUT2D eigenvalue weighted by Crippen LogP contribution is -2.32. The fourth-order valence-corrected chi connectivity index (χ4v) is 5.06. The van der Waals surface area contributed by atoms with Gasteiger partial charge in [-0.3, -0.25) is 0 Å². The third kappa shape index (κ3) is 7.25. The molecule has 0 radical (unpaired) electrons. The third-order valence-electron chi connectivity index (χ3n) is 3.65. The van der Waals surface area contributed by atoms with Crippen LogP contribution < -0.4 is 0 Å². The molecule has 0 fully saturated rings. The first kappa shape index (κ1) is 18.4. The van der Waals surface area contributed by atoms with E-state index in [1.807, 2.05) is 0 Å². The summed E-state index contributed by atoms with van der Waals surface area (Å²) in [6.45, 7) is 8.25. The molecule has 21 heavy (non-hydrogen) atoms. The van der Waals surface area contributed by atoms with E-state index in [2.05, 4.69) is 51.1 Å². The smallest absolute Gasteiger partial charge is 0.329 e. The van der Waals surface area contributed by atoms with Crippen molar-refractivity contribution in [1.82, 2.24) is 0 Å². The number of hydrogen-bond donors (Lipinski definition) is 0. The van der Waals surface area contributed by atoms with Crippen molar-refractivity contribution in [2.24, 2.45) is 0 Å². The zero-order valence-electron chi connectivity index (χ0n) is 14.0. The second-order valence-corrected chi connectivity index (χ2v) is 7.83. The van der Waals surface area contributed by atoms with E-state index in [4.69, 9.17) is 8.85 Å². The monoisotopic (exact) mass is 308 g/mol. The fraction of sp³-hybridized carbons (Fsp3) is 0.667. The van der Waals surface area contributed by atoms with Gasteiger partial charge in [-0.25, -0.2) is 0 Å². The molecule has 0 saturated heterocycles. The van der Waals surface area contributed by atoms with Crippen molar-refractivity contribution in [3.63, 3.8) is 0 Å². The summed E-state index contributed by atoms with van der Waals surface area (Å²) >= 11 is 0. The van der Waals surface area contributed by atoms with Crippen molar-refractivity contribution in [3.05, 3.63) is 35.9 Å². The lowest BCUT2D eigenvalue weighted by Gasteiger charge is -2.26.